The zero-order chi connectivity index (χ0) is 10.6. The van der Waals surface area contributed by atoms with Gasteiger partial charge in [-0.1, -0.05) is 0 Å². The Morgan fingerprint density at radius 2 is 2.29 bits per heavy atom. The van der Waals surface area contributed by atoms with Crippen molar-refractivity contribution in [2.45, 2.75) is 6.54 Å². The lowest BCUT2D eigenvalue weighted by molar-refractivity contribution is 0.416. The second-order valence-electron chi connectivity index (χ2n) is 2.86. The van der Waals surface area contributed by atoms with Crippen LogP contribution >= 0.6 is 0 Å². The molecular formula is C10H15N3O. The van der Waals surface area contributed by atoms with Gasteiger partial charge in [0.25, 0.3) is 0 Å². The van der Waals surface area contributed by atoms with Crippen LogP contribution in [0.4, 0.5) is 5.69 Å². The molecule has 0 unspecified atom stereocenters. The van der Waals surface area contributed by atoms with Gasteiger partial charge in [0.15, 0.2) is 0 Å². The Bertz CT molecular complexity index is 336. The van der Waals surface area contributed by atoms with Crippen LogP contribution < -0.4 is 15.8 Å². The van der Waals surface area contributed by atoms with Gasteiger partial charge in [-0.2, -0.15) is 0 Å². The fourth-order valence-corrected chi connectivity index (χ4v) is 1.36. The van der Waals surface area contributed by atoms with Crippen LogP contribution in [0.3, 0.4) is 0 Å². The van der Waals surface area contributed by atoms with E-state index in [9.17, 15) is 0 Å². The second-order valence-corrected chi connectivity index (χ2v) is 2.86. The number of ether oxygens (including phenoxy) is 1. The molecule has 0 heterocycles. The molecule has 0 aliphatic heterocycles. The summed E-state index contributed by atoms with van der Waals surface area (Å²) in [6.07, 6.45) is 1.29. The molecule has 0 atom stereocenters. The second kappa shape index (κ2) is 4.62. The van der Waals surface area contributed by atoms with Crippen molar-refractivity contribution in [3.63, 3.8) is 0 Å². The Labute approximate surface area is 83.6 Å². The zero-order valence-corrected chi connectivity index (χ0v) is 8.42. The standard InChI is InChI=1S/C10H15N3O/c1-13-10-8(6-12)3-7(5-11)4-9(10)14-2/h3-4,6,12-13H,5,11H2,1-2H3. The number of methoxy groups -OCH3 is 1. The first kappa shape index (κ1) is 10.5. The first-order valence-corrected chi connectivity index (χ1v) is 4.36. The highest BCUT2D eigenvalue weighted by atomic mass is 16.5. The molecular weight excluding hydrogens is 178 g/mol. The number of nitrogens with two attached hydrogens (primary N) is 1. The summed E-state index contributed by atoms with van der Waals surface area (Å²) in [4.78, 5) is 0. The molecule has 0 amide bonds. The molecule has 0 saturated carbocycles. The van der Waals surface area contributed by atoms with E-state index in [1.165, 1.54) is 6.21 Å². The molecule has 14 heavy (non-hydrogen) atoms. The third-order valence-electron chi connectivity index (χ3n) is 2.05. The van der Waals surface area contributed by atoms with Crippen molar-refractivity contribution < 1.29 is 4.74 Å². The quantitative estimate of drug-likeness (QED) is 0.629. The molecule has 0 saturated heterocycles. The Hall–Kier alpha value is -1.55. The van der Waals surface area contributed by atoms with E-state index in [1.807, 2.05) is 12.1 Å². The van der Waals surface area contributed by atoms with Gasteiger partial charge in [-0.3, -0.25) is 0 Å². The number of hydrogen-bond donors (Lipinski definition) is 3. The highest BCUT2D eigenvalue weighted by molar-refractivity contribution is 5.88. The van der Waals surface area contributed by atoms with Gasteiger partial charge in [-0.15, -0.1) is 0 Å². The lowest BCUT2D eigenvalue weighted by Crippen LogP contribution is -2.03. The van der Waals surface area contributed by atoms with E-state index in [0.29, 0.717) is 12.3 Å². The van der Waals surface area contributed by atoms with Crippen molar-refractivity contribution >= 4 is 11.9 Å². The fourth-order valence-electron chi connectivity index (χ4n) is 1.36. The maximum Gasteiger partial charge on any atom is 0.142 e. The maximum atomic E-state index is 7.27. The normalized spacial score (nSPS) is 9.64. The van der Waals surface area contributed by atoms with E-state index in [2.05, 4.69) is 5.32 Å². The summed E-state index contributed by atoms with van der Waals surface area (Å²) in [7, 11) is 3.40. The first-order chi connectivity index (χ1) is 6.76. The predicted octanol–water partition coefficient (Wildman–Crippen LogP) is 1.19. The van der Waals surface area contributed by atoms with Crippen molar-refractivity contribution in [2.24, 2.45) is 5.73 Å². The average molecular weight is 193 g/mol. The molecule has 4 nitrogen and oxygen atoms in total. The van der Waals surface area contributed by atoms with Gasteiger partial charge in [-0.05, 0) is 17.7 Å². The van der Waals surface area contributed by atoms with Crippen molar-refractivity contribution in [2.75, 3.05) is 19.5 Å². The molecule has 0 aromatic heterocycles. The highest BCUT2D eigenvalue weighted by Gasteiger charge is 2.07. The molecule has 1 aromatic carbocycles. The van der Waals surface area contributed by atoms with E-state index >= 15 is 0 Å². The average Bonchev–Trinajstić information content (AvgIpc) is 2.26. The molecule has 0 spiro atoms. The van der Waals surface area contributed by atoms with Crippen LogP contribution in [0.25, 0.3) is 0 Å². The Kier molecular flexibility index (Phi) is 3.48. The molecule has 0 aliphatic carbocycles. The van der Waals surface area contributed by atoms with Gasteiger partial charge < -0.3 is 21.2 Å². The molecule has 76 valence electrons. The van der Waals surface area contributed by atoms with Gasteiger partial charge in [-0.25, -0.2) is 0 Å². The minimum Gasteiger partial charge on any atom is -0.495 e. The van der Waals surface area contributed by atoms with Crippen LogP contribution in [0.1, 0.15) is 11.1 Å². The SMILES string of the molecule is CNc1c(C=N)cc(CN)cc1OC. The van der Waals surface area contributed by atoms with Gasteiger partial charge in [0, 0.05) is 25.4 Å². The minimum absolute atomic E-state index is 0.446. The zero-order valence-electron chi connectivity index (χ0n) is 8.42. The van der Waals surface area contributed by atoms with Crippen molar-refractivity contribution in [1.29, 1.82) is 5.41 Å². The third-order valence-corrected chi connectivity index (χ3v) is 2.05. The highest BCUT2D eigenvalue weighted by Crippen LogP contribution is 2.28. The van der Waals surface area contributed by atoms with E-state index in [4.69, 9.17) is 15.9 Å². The third kappa shape index (κ3) is 1.85. The number of rotatable bonds is 4. The summed E-state index contributed by atoms with van der Waals surface area (Å²) >= 11 is 0. The van der Waals surface area contributed by atoms with E-state index < -0.39 is 0 Å². The predicted molar refractivity (Wildman–Crippen MR) is 58.3 cm³/mol. The first-order valence-electron chi connectivity index (χ1n) is 4.36. The topological polar surface area (TPSA) is 71.1 Å². The number of hydrogen-bond acceptors (Lipinski definition) is 4. The van der Waals surface area contributed by atoms with Crippen LogP contribution in [0.2, 0.25) is 0 Å². The van der Waals surface area contributed by atoms with E-state index in [0.717, 1.165) is 16.8 Å². The van der Waals surface area contributed by atoms with Crippen LogP contribution in [-0.2, 0) is 6.54 Å². The molecule has 0 radical (unpaired) electrons. The number of anilines is 1. The number of nitrogens with one attached hydrogen (secondary N) is 2. The van der Waals surface area contributed by atoms with Crippen LogP contribution in [0.15, 0.2) is 12.1 Å². The Balaban J connectivity index is 3.31. The van der Waals surface area contributed by atoms with Crippen molar-refractivity contribution in [3.05, 3.63) is 23.3 Å². The summed E-state index contributed by atoms with van der Waals surface area (Å²) in [5, 5.41) is 10.3. The van der Waals surface area contributed by atoms with Gasteiger partial charge in [0.05, 0.1) is 12.8 Å². The summed E-state index contributed by atoms with van der Waals surface area (Å²) in [6.45, 7) is 0.446. The fraction of sp³-hybridized carbons (Fsp3) is 0.300. The van der Waals surface area contributed by atoms with E-state index in [1.54, 1.807) is 14.2 Å². The largest absolute Gasteiger partial charge is 0.495 e. The molecule has 0 fully saturated rings. The van der Waals surface area contributed by atoms with E-state index in [-0.39, 0.29) is 0 Å². The Morgan fingerprint density at radius 3 is 2.71 bits per heavy atom. The lowest BCUT2D eigenvalue weighted by atomic mass is 10.1. The maximum absolute atomic E-state index is 7.27. The van der Waals surface area contributed by atoms with Crippen LogP contribution in [0, 0.1) is 5.41 Å². The summed E-state index contributed by atoms with van der Waals surface area (Å²) in [5.74, 6) is 0.717. The summed E-state index contributed by atoms with van der Waals surface area (Å²) in [6, 6.07) is 3.75. The van der Waals surface area contributed by atoms with Gasteiger partial charge in [0.2, 0.25) is 0 Å². The summed E-state index contributed by atoms with van der Waals surface area (Å²) in [5.41, 5.74) is 8.10. The molecule has 1 rings (SSSR count). The smallest absolute Gasteiger partial charge is 0.142 e. The molecule has 0 bridgehead atoms. The van der Waals surface area contributed by atoms with Crippen LogP contribution in [0.5, 0.6) is 5.75 Å². The monoisotopic (exact) mass is 193 g/mol. The number of benzene rings is 1. The molecule has 1 aromatic rings. The van der Waals surface area contributed by atoms with Gasteiger partial charge >= 0.3 is 0 Å². The molecule has 4 heteroatoms. The molecule has 0 aliphatic rings. The molecule has 4 N–H and O–H groups in total. The van der Waals surface area contributed by atoms with Crippen molar-refractivity contribution in [3.8, 4) is 5.75 Å². The summed E-state index contributed by atoms with van der Waals surface area (Å²) < 4.78 is 5.20. The Morgan fingerprint density at radius 1 is 1.57 bits per heavy atom. The minimum atomic E-state index is 0.446. The van der Waals surface area contributed by atoms with Gasteiger partial charge in [0.1, 0.15) is 5.75 Å². The lowest BCUT2D eigenvalue weighted by Gasteiger charge is -2.12. The van der Waals surface area contributed by atoms with Crippen molar-refractivity contribution in [1.82, 2.24) is 0 Å². The van der Waals surface area contributed by atoms with Crippen LogP contribution in [-0.4, -0.2) is 20.4 Å².